The third-order valence-electron chi connectivity index (χ3n) is 3.39. The van der Waals surface area contributed by atoms with Crippen molar-refractivity contribution in [1.82, 2.24) is 5.32 Å². The van der Waals surface area contributed by atoms with E-state index in [0.717, 1.165) is 24.5 Å². The highest BCUT2D eigenvalue weighted by atomic mass is 32.1. The zero-order valence-electron chi connectivity index (χ0n) is 13.9. The van der Waals surface area contributed by atoms with Gasteiger partial charge in [-0.25, -0.2) is 0 Å². The molecule has 0 bridgehead atoms. The van der Waals surface area contributed by atoms with Crippen molar-refractivity contribution >= 4 is 28.7 Å². The molecule has 2 N–H and O–H groups in total. The number of nitrogens with zero attached hydrogens (tertiary/aromatic N) is 1. The average molecular weight is 341 g/mol. The molecule has 0 radical (unpaired) electrons. The highest BCUT2D eigenvalue weighted by Gasteiger charge is 2.02. The van der Waals surface area contributed by atoms with Gasteiger partial charge in [-0.1, -0.05) is 36.9 Å². The lowest BCUT2D eigenvalue weighted by atomic mass is 10.3. The van der Waals surface area contributed by atoms with E-state index < -0.39 is 0 Å². The van der Waals surface area contributed by atoms with E-state index >= 15 is 0 Å². The maximum absolute atomic E-state index is 5.51. The van der Waals surface area contributed by atoms with E-state index in [1.165, 1.54) is 5.69 Å². The van der Waals surface area contributed by atoms with E-state index in [-0.39, 0.29) is 0 Å². The summed E-state index contributed by atoms with van der Waals surface area (Å²) in [5.74, 6) is 0.784. The van der Waals surface area contributed by atoms with Crippen molar-refractivity contribution in [2.45, 2.75) is 0 Å². The molecule has 2 aromatic rings. The molecule has 2 aromatic carbocycles. The minimum absolute atomic E-state index is 0.484. The van der Waals surface area contributed by atoms with Crippen LogP contribution in [-0.2, 0) is 0 Å². The molecule has 0 saturated carbocycles. The maximum atomic E-state index is 5.51. The van der Waals surface area contributed by atoms with E-state index in [1.807, 2.05) is 42.5 Å². The number of anilines is 2. The number of ether oxygens (including phenoxy) is 1. The van der Waals surface area contributed by atoms with Gasteiger partial charge in [0, 0.05) is 37.6 Å². The quantitative estimate of drug-likeness (QED) is 0.566. The first-order valence-corrected chi connectivity index (χ1v) is 8.24. The molecule has 0 aliphatic heterocycles. The summed E-state index contributed by atoms with van der Waals surface area (Å²) in [4.78, 5) is 2.18. The predicted octanol–water partition coefficient (Wildman–Crippen LogP) is 3.67. The minimum atomic E-state index is 0.484. The molecular formula is C19H23N3OS. The molecular weight excluding hydrogens is 318 g/mol. The number of likely N-dealkylation sites (N-methyl/N-ethyl adjacent to an activating group) is 1. The first-order chi connectivity index (χ1) is 11.7. The summed E-state index contributed by atoms with van der Waals surface area (Å²) < 4.78 is 5.51. The van der Waals surface area contributed by atoms with E-state index in [0.29, 0.717) is 11.7 Å². The molecule has 0 aliphatic rings. The summed E-state index contributed by atoms with van der Waals surface area (Å²) in [7, 11) is 2.06. The molecule has 0 aliphatic carbocycles. The number of hydrogen-bond acceptors (Lipinski definition) is 3. The van der Waals surface area contributed by atoms with Crippen molar-refractivity contribution in [3.8, 4) is 5.75 Å². The second-order valence-corrected chi connectivity index (χ2v) is 5.67. The van der Waals surface area contributed by atoms with Crippen molar-refractivity contribution < 1.29 is 4.74 Å². The standard InChI is InChI=1S/C19H23N3OS/c1-3-14-23-18-11-7-8-16(15-18)21-19(24)20-12-13-22(2)17-9-5-4-6-10-17/h3-11,15H,1,12-14H2,2H3,(H2,20,21,24). The Morgan fingerprint density at radius 1 is 1.21 bits per heavy atom. The van der Waals surface area contributed by atoms with Crippen LogP contribution in [0, 0.1) is 0 Å². The van der Waals surface area contributed by atoms with Crippen molar-refractivity contribution in [3.05, 3.63) is 67.3 Å². The van der Waals surface area contributed by atoms with Gasteiger partial charge in [-0.15, -0.1) is 0 Å². The average Bonchev–Trinajstić information content (AvgIpc) is 2.61. The fourth-order valence-electron chi connectivity index (χ4n) is 2.14. The summed E-state index contributed by atoms with van der Waals surface area (Å²) in [6.07, 6.45) is 1.72. The van der Waals surface area contributed by atoms with Crippen molar-refractivity contribution in [2.24, 2.45) is 0 Å². The summed E-state index contributed by atoms with van der Waals surface area (Å²) >= 11 is 5.34. The van der Waals surface area contributed by atoms with Crippen LogP contribution in [0.5, 0.6) is 5.75 Å². The largest absolute Gasteiger partial charge is 0.489 e. The Bertz CT molecular complexity index is 661. The molecule has 4 nitrogen and oxygen atoms in total. The van der Waals surface area contributed by atoms with Gasteiger partial charge < -0.3 is 20.3 Å². The van der Waals surface area contributed by atoms with Gasteiger partial charge in [0.1, 0.15) is 12.4 Å². The molecule has 0 amide bonds. The maximum Gasteiger partial charge on any atom is 0.170 e. The Balaban J connectivity index is 1.76. The normalized spacial score (nSPS) is 9.88. The summed E-state index contributed by atoms with van der Waals surface area (Å²) in [6, 6.07) is 17.9. The van der Waals surface area contributed by atoms with Crippen LogP contribution >= 0.6 is 12.2 Å². The second kappa shape index (κ2) is 9.57. The molecule has 126 valence electrons. The Morgan fingerprint density at radius 3 is 2.75 bits per heavy atom. The van der Waals surface area contributed by atoms with Crippen LogP contribution in [0.25, 0.3) is 0 Å². The van der Waals surface area contributed by atoms with Crippen LogP contribution < -0.4 is 20.3 Å². The van der Waals surface area contributed by atoms with Crippen LogP contribution in [0.1, 0.15) is 0 Å². The minimum Gasteiger partial charge on any atom is -0.489 e. The van der Waals surface area contributed by atoms with Crippen LogP contribution in [0.15, 0.2) is 67.3 Å². The van der Waals surface area contributed by atoms with E-state index in [1.54, 1.807) is 6.08 Å². The molecule has 0 saturated heterocycles. The first-order valence-electron chi connectivity index (χ1n) is 7.84. The van der Waals surface area contributed by atoms with E-state index in [9.17, 15) is 0 Å². The SMILES string of the molecule is C=CCOc1cccc(NC(=S)NCCN(C)c2ccccc2)c1. The Morgan fingerprint density at radius 2 is 2.00 bits per heavy atom. The molecule has 5 heteroatoms. The highest BCUT2D eigenvalue weighted by molar-refractivity contribution is 7.80. The third-order valence-corrected chi connectivity index (χ3v) is 3.64. The molecule has 0 unspecified atom stereocenters. The van der Waals surface area contributed by atoms with Gasteiger partial charge >= 0.3 is 0 Å². The van der Waals surface area contributed by atoms with E-state index in [4.69, 9.17) is 17.0 Å². The monoisotopic (exact) mass is 341 g/mol. The second-order valence-electron chi connectivity index (χ2n) is 5.27. The number of benzene rings is 2. The van der Waals surface area contributed by atoms with Gasteiger partial charge in [-0.2, -0.15) is 0 Å². The van der Waals surface area contributed by atoms with Crippen LogP contribution in [0.3, 0.4) is 0 Å². The number of para-hydroxylation sites is 1. The van der Waals surface area contributed by atoms with Gasteiger partial charge in [0.25, 0.3) is 0 Å². The molecule has 0 spiro atoms. The fraction of sp³-hybridized carbons (Fsp3) is 0.211. The van der Waals surface area contributed by atoms with Gasteiger partial charge in [0.05, 0.1) is 0 Å². The van der Waals surface area contributed by atoms with Crippen LogP contribution in [0.4, 0.5) is 11.4 Å². The van der Waals surface area contributed by atoms with Gasteiger partial charge in [0.2, 0.25) is 0 Å². The highest BCUT2D eigenvalue weighted by Crippen LogP contribution is 2.17. The molecule has 0 fully saturated rings. The number of rotatable bonds is 8. The fourth-order valence-corrected chi connectivity index (χ4v) is 2.36. The lowest BCUT2D eigenvalue weighted by Gasteiger charge is -2.20. The summed E-state index contributed by atoms with van der Waals surface area (Å²) in [5.41, 5.74) is 2.08. The van der Waals surface area contributed by atoms with Gasteiger partial charge in [-0.05, 0) is 36.5 Å². The van der Waals surface area contributed by atoms with E-state index in [2.05, 4.69) is 41.3 Å². The Labute approximate surface area is 149 Å². The van der Waals surface area contributed by atoms with Gasteiger partial charge in [0.15, 0.2) is 5.11 Å². The van der Waals surface area contributed by atoms with Crippen molar-refractivity contribution in [1.29, 1.82) is 0 Å². The molecule has 24 heavy (non-hydrogen) atoms. The van der Waals surface area contributed by atoms with Gasteiger partial charge in [-0.3, -0.25) is 0 Å². The zero-order chi connectivity index (χ0) is 17.2. The number of hydrogen-bond donors (Lipinski definition) is 2. The Hall–Kier alpha value is -2.53. The number of nitrogens with one attached hydrogen (secondary N) is 2. The lowest BCUT2D eigenvalue weighted by molar-refractivity contribution is 0.363. The third kappa shape index (κ3) is 5.93. The van der Waals surface area contributed by atoms with Crippen LogP contribution in [0.2, 0.25) is 0 Å². The lowest BCUT2D eigenvalue weighted by Crippen LogP contribution is -2.35. The van der Waals surface area contributed by atoms with Crippen LogP contribution in [-0.4, -0.2) is 31.9 Å². The molecule has 0 atom stereocenters. The van der Waals surface area contributed by atoms with Crippen molar-refractivity contribution in [2.75, 3.05) is 37.0 Å². The summed E-state index contributed by atoms with van der Waals surface area (Å²) in [5, 5.41) is 6.98. The zero-order valence-corrected chi connectivity index (χ0v) is 14.7. The molecule has 0 heterocycles. The Kier molecular flexibility index (Phi) is 7.11. The summed E-state index contributed by atoms with van der Waals surface area (Å²) in [6.45, 7) is 5.73. The molecule has 2 rings (SSSR count). The van der Waals surface area contributed by atoms with Crippen molar-refractivity contribution in [3.63, 3.8) is 0 Å². The predicted molar refractivity (Wildman–Crippen MR) is 106 cm³/mol. The number of thiocarbonyl (C=S) groups is 1. The topological polar surface area (TPSA) is 36.5 Å². The first kappa shape index (κ1) is 17.8. The smallest absolute Gasteiger partial charge is 0.170 e. The molecule has 0 aromatic heterocycles.